The van der Waals surface area contributed by atoms with E-state index in [0.29, 0.717) is 6.10 Å². The molecule has 1 N–H and O–H groups in total. The smallest absolute Gasteiger partial charge is 0.379 e. The molecule has 134 valence electrons. The number of nitrogens with zero attached hydrogens (tertiary/aromatic N) is 1. The minimum atomic E-state index is -3.67. The minimum absolute atomic E-state index is 0.330. The minimum Gasteiger partial charge on any atom is -0.490 e. The van der Waals surface area contributed by atoms with Gasteiger partial charge in [0.1, 0.15) is 5.75 Å². The van der Waals surface area contributed by atoms with E-state index < -0.39 is 6.68 Å². The van der Waals surface area contributed by atoms with E-state index in [9.17, 15) is 18.4 Å². The Labute approximate surface area is 140 Å². The van der Waals surface area contributed by atoms with Crippen molar-refractivity contribution in [2.45, 2.75) is 58.7 Å². The molecule has 1 aromatic carbocycles. The van der Waals surface area contributed by atoms with E-state index in [1.165, 1.54) is 19.3 Å². The number of hydrogen-bond donors (Lipinski definition) is 1. The molecule has 0 saturated heterocycles. The fourth-order valence-electron chi connectivity index (χ4n) is 2.67. The molecule has 1 aliphatic carbocycles. The SMILES string of the molecule is CC.FC(F)F.O[n+]1cccc2c(OC3CCCCC3)cccc21. The lowest BCUT2D eigenvalue weighted by molar-refractivity contribution is -0.884. The predicted molar refractivity (Wildman–Crippen MR) is 87.3 cm³/mol. The number of halogens is 3. The van der Waals surface area contributed by atoms with Gasteiger partial charge in [0.2, 0.25) is 6.20 Å². The highest BCUT2D eigenvalue weighted by atomic mass is 19.4. The van der Waals surface area contributed by atoms with Crippen molar-refractivity contribution in [2.75, 3.05) is 0 Å². The van der Waals surface area contributed by atoms with Crippen LogP contribution < -0.4 is 9.47 Å². The molecule has 1 heterocycles. The first kappa shape index (κ1) is 20.1. The molecule has 0 spiro atoms. The van der Waals surface area contributed by atoms with Gasteiger partial charge in [0.15, 0.2) is 0 Å². The van der Waals surface area contributed by atoms with Crippen LogP contribution in [0.15, 0.2) is 36.5 Å². The van der Waals surface area contributed by atoms with Gasteiger partial charge in [-0.25, -0.2) is 0 Å². The molecule has 6 heteroatoms. The second kappa shape index (κ2) is 10.7. The molecular weight excluding hydrogens is 319 g/mol. The summed E-state index contributed by atoms with van der Waals surface area (Å²) < 4.78 is 36.2. The molecule has 24 heavy (non-hydrogen) atoms. The van der Waals surface area contributed by atoms with Gasteiger partial charge >= 0.3 is 6.68 Å². The molecule has 0 unspecified atom stereocenters. The highest BCUT2D eigenvalue weighted by Crippen LogP contribution is 2.28. The third kappa shape index (κ3) is 6.26. The lowest BCUT2D eigenvalue weighted by Crippen LogP contribution is -2.30. The second-order valence-corrected chi connectivity index (χ2v) is 5.17. The first-order chi connectivity index (χ1) is 11.6. The van der Waals surface area contributed by atoms with E-state index >= 15 is 0 Å². The topological polar surface area (TPSA) is 33.3 Å². The van der Waals surface area contributed by atoms with Crippen molar-refractivity contribution in [3.8, 4) is 5.75 Å². The summed E-state index contributed by atoms with van der Waals surface area (Å²) in [4.78, 5) is 0. The number of pyridine rings is 1. The zero-order chi connectivity index (χ0) is 17.9. The number of rotatable bonds is 2. The summed E-state index contributed by atoms with van der Waals surface area (Å²) in [6, 6.07) is 9.61. The Morgan fingerprint density at radius 3 is 2.29 bits per heavy atom. The van der Waals surface area contributed by atoms with E-state index in [1.54, 1.807) is 6.20 Å². The van der Waals surface area contributed by atoms with Gasteiger partial charge in [0.05, 0.1) is 11.5 Å². The molecule has 1 aliphatic rings. The second-order valence-electron chi connectivity index (χ2n) is 5.17. The maximum Gasteiger partial charge on any atom is 0.379 e. The number of aromatic nitrogens is 1. The normalized spacial score (nSPS) is 14.4. The summed E-state index contributed by atoms with van der Waals surface area (Å²) in [5, 5.41) is 10.7. The third-order valence-corrected chi connectivity index (χ3v) is 3.63. The average Bonchev–Trinajstić information content (AvgIpc) is 2.58. The van der Waals surface area contributed by atoms with Crippen LogP contribution in [0.1, 0.15) is 46.0 Å². The van der Waals surface area contributed by atoms with Crippen molar-refractivity contribution < 1.29 is 27.8 Å². The van der Waals surface area contributed by atoms with Gasteiger partial charge in [-0.1, -0.05) is 26.3 Å². The number of fused-ring (bicyclic) bond motifs is 1. The Kier molecular flexibility index (Phi) is 8.97. The van der Waals surface area contributed by atoms with Gasteiger partial charge in [-0.05, 0) is 37.8 Å². The zero-order valence-electron chi connectivity index (χ0n) is 14.1. The van der Waals surface area contributed by atoms with E-state index in [-0.39, 0.29) is 0 Å². The molecule has 1 saturated carbocycles. The van der Waals surface area contributed by atoms with Crippen LogP contribution in [0.3, 0.4) is 0 Å². The van der Waals surface area contributed by atoms with Crippen LogP contribution in [-0.2, 0) is 0 Å². The lowest BCUT2D eigenvalue weighted by Gasteiger charge is -2.23. The number of hydrogen-bond acceptors (Lipinski definition) is 2. The fraction of sp³-hybridized carbons (Fsp3) is 0.500. The summed E-state index contributed by atoms with van der Waals surface area (Å²) >= 11 is 0. The molecule has 2 aromatic rings. The lowest BCUT2D eigenvalue weighted by atomic mass is 9.98. The van der Waals surface area contributed by atoms with Crippen LogP contribution in [0.25, 0.3) is 10.9 Å². The van der Waals surface area contributed by atoms with Gasteiger partial charge in [-0.3, -0.25) is 5.21 Å². The van der Waals surface area contributed by atoms with Crippen LogP contribution >= 0.6 is 0 Å². The first-order valence-corrected chi connectivity index (χ1v) is 8.29. The maximum atomic E-state index is 9.76. The van der Waals surface area contributed by atoms with Gasteiger partial charge in [0, 0.05) is 16.9 Å². The van der Waals surface area contributed by atoms with Gasteiger partial charge in [0.25, 0.3) is 5.52 Å². The van der Waals surface area contributed by atoms with Crippen LogP contribution in [0, 0.1) is 0 Å². The average molecular weight is 344 g/mol. The van der Waals surface area contributed by atoms with E-state index in [4.69, 9.17) is 4.74 Å². The zero-order valence-corrected chi connectivity index (χ0v) is 14.1. The van der Waals surface area contributed by atoms with Crippen molar-refractivity contribution >= 4 is 10.9 Å². The molecule has 0 bridgehead atoms. The Bertz CT molecular complexity index is 599. The largest absolute Gasteiger partial charge is 0.490 e. The Morgan fingerprint density at radius 2 is 1.67 bits per heavy atom. The van der Waals surface area contributed by atoms with Crippen molar-refractivity contribution in [3.05, 3.63) is 36.5 Å². The molecule has 0 amide bonds. The van der Waals surface area contributed by atoms with Crippen LogP contribution in [-0.4, -0.2) is 18.0 Å². The number of alkyl halides is 3. The van der Waals surface area contributed by atoms with Crippen LogP contribution in [0.5, 0.6) is 5.75 Å². The van der Waals surface area contributed by atoms with Crippen molar-refractivity contribution in [2.24, 2.45) is 0 Å². The number of ether oxygens (including phenoxy) is 1. The summed E-state index contributed by atoms with van der Waals surface area (Å²) in [5.41, 5.74) is 0.783. The van der Waals surface area contributed by atoms with Crippen LogP contribution in [0.2, 0.25) is 0 Å². The molecule has 1 fully saturated rings. The summed E-state index contributed by atoms with van der Waals surface area (Å²) in [6.07, 6.45) is 8.09. The molecular formula is C18H25F3NO2+. The molecule has 1 aromatic heterocycles. The molecule has 0 atom stereocenters. The van der Waals surface area contributed by atoms with E-state index in [2.05, 4.69) is 0 Å². The predicted octanol–water partition coefficient (Wildman–Crippen LogP) is 5.28. The summed E-state index contributed by atoms with van der Waals surface area (Å²) in [6.45, 7) is 0.333. The Hall–Kier alpha value is -1.98. The fourth-order valence-corrected chi connectivity index (χ4v) is 2.67. The quantitative estimate of drug-likeness (QED) is 0.594. The van der Waals surface area contributed by atoms with Crippen molar-refractivity contribution in [3.63, 3.8) is 0 Å². The Balaban J connectivity index is 0.000000423. The van der Waals surface area contributed by atoms with E-state index in [0.717, 1.165) is 34.2 Å². The molecule has 0 aliphatic heterocycles. The third-order valence-electron chi connectivity index (χ3n) is 3.63. The van der Waals surface area contributed by atoms with Crippen LogP contribution in [0.4, 0.5) is 13.2 Å². The van der Waals surface area contributed by atoms with Gasteiger partial charge in [-0.2, -0.15) is 13.2 Å². The van der Waals surface area contributed by atoms with Crippen molar-refractivity contribution in [1.82, 2.24) is 0 Å². The van der Waals surface area contributed by atoms with Crippen molar-refractivity contribution in [1.29, 1.82) is 0 Å². The molecule has 3 rings (SSSR count). The van der Waals surface area contributed by atoms with Gasteiger partial charge in [-0.15, -0.1) is 0 Å². The highest BCUT2D eigenvalue weighted by molar-refractivity contribution is 5.82. The first-order valence-electron chi connectivity index (χ1n) is 8.29. The summed E-state index contributed by atoms with van der Waals surface area (Å²) in [5.74, 6) is 0.878. The van der Waals surface area contributed by atoms with E-state index in [1.807, 2.05) is 44.2 Å². The monoisotopic (exact) mass is 344 g/mol. The maximum absolute atomic E-state index is 9.76. The number of benzene rings is 1. The highest BCUT2D eigenvalue weighted by Gasteiger charge is 2.17. The van der Waals surface area contributed by atoms with Gasteiger partial charge < -0.3 is 4.74 Å². The molecule has 3 nitrogen and oxygen atoms in total. The molecule has 0 radical (unpaired) electrons. The summed E-state index contributed by atoms with van der Waals surface area (Å²) in [7, 11) is 0. The standard InChI is InChI=1S/C15H18NO2.C2H6.CHF3/c17-16-11-5-8-13-14(16)9-4-10-15(13)18-12-6-2-1-3-7-12;1-2;2-1(3)4/h4-5,8-12,17H,1-3,6-7H2;1-2H3;1H/q+1;;. The Morgan fingerprint density at radius 1 is 1.04 bits per heavy atom.